The molecule has 4 nitrogen and oxygen atoms in total. The molecule has 0 aromatic carbocycles. The third-order valence-corrected chi connectivity index (χ3v) is 2.04. The number of rotatable bonds is 1. The van der Waals surface area contributed by atoms with Gasteiger partial charge in [-0.2, -0.15) is 0 Å². The van der Waals surface area contributed by atoms with Crippen LogP contribution >= 0.6 is 11.6 Å². The van der Waals surface area contributed by atoms with Crippen LogP contribution < -0.4 is 0 Å². The van der Waals surface area contributed by atoms with Crippen molar-refractivity contribution in [2.45, 2.75) is 0 Å². The van der Waals surface area contributed by atoms with Crippen LogP contribution in [0.5, 0.6) is 0 Å². The van der Waals surface area contributed by atoms with Gasteiger partial charge in [0.05, 0.1) is 0 Å². The quantitative estimate of drug-likeness (QED) is 0.755. The van der Waals surface area contributed by atoms with E-state index in [0.717, 1.165) is 0 Å². The van der Waals surface area contributed by atoms with Crippen LogP contribution in [0.15, 0.2) is 24.4 Å². The fourth-order valence-corrected chi connectivity index (χ4v) is 1.37. The van der Waals surface area contributed by atoms with Crippen molar-refractivity contribution < 1.29 is 9.90 Å². The predicted octanol–water partition coefficient (Wildman–Crippen LogP) is 1.69. The summed E-state index contributed by atoms with van der Waals surface area (Å²) in [7, 11) is 0. The molecule has 2 rings (SSSR count). The highest BCUT2D eigenvalue weighted by Crippen LogP contribution is 2.17. The number of carboxylic acid groups (broad SMARTS) is 1. The summed E-state index contributed by atoms with van der Waals surface area (Å²) in [5.41, 5.74) is 0.415. The summed E-state index contributed by atoms with van der Waals surface area (Å²) in [6, 6.07) is 5.22. The van der Waals surface area contributed by atoms with Gasteiger partial charge in [0.25, 0.3) is 0 Å². The van der Waals surface area contributed by atoms with Crippen molar-refractivity contribution in [3.63, 3.8) is 0 Å². The van der Waals surface area contributed by atoms with Crippen molar-refractivity contribution in [1.82, 2.24) is 9.38 Å². The van der Waals surface area contributed by atoms with Crippen LogP contribution in [0.2, 0.25) is 5.15 Å². The average Bonchev–Trinajstić information content (AvgIpc) is 2.45. The van der Waals surface area contributed by atoms with Gasteiger partial charge in [0.15, 0.2) is 5.69 Å². The number of carboxylic acids is 1. The number of aromatic carboxylic acids is 1. The second-order valence-corrected chi connectivity index (χ2v) is 2.84. The molecular weight excluding hydrogens is 192 g/mol. The van der Waals surface area contributed by atoms with E-state index in [-0.39, 0.29) is 10.8 Å². The van der Waals surface area contributed by atoms with Crippen LogP contribution in [0, 0.1) is 0 Å². The lowest BCUT2D eigenvalue weighted by Crippen LogP contribution is -1.96. The lowest BCUT2D eigenvalue weighted by molar-refractivity contribution is 0.0691. The van der Waals surface area contributed by atoms with Gasteiger partial charge in [0.2, 0.25) is 0 Å². The summed E-state index contributed by atoms with van der Waals surface area (Å²) in [4.78, 5) is 14.5. The van der Waals surface area contributed by atoms with E-state index in [0.29, 0.717) is 5.65 Å². The van der Waals surface area contributed by atoms with Crippen LogP contribution in [-0.4, -0.2) is 20.5 Å². The van der Waals surface area contributed by atoms with Gasteiger partial charge in [-0.15, -0.1) is 0 Å². The Morgan fingerprint density at radius 1 is 1.54 bits per heavy atom. The van der Waals surface area contributed by atoms with E-state index in [4.69, 9.17) is 16.7 Å². The molecule has 0 atom stereocenters. The van der Waals surface area contributed by atoms with E-state index in [1.165, 1.54) is 4.40 Å². The first-order chi connectivity index (χ1) is 6.20. The van der Waals surface area contributed by atoms with Gasteiger partial charge in [-0.3, -0.25) is 4.40 Å². The van der Waals surface area contributed by atoms with Crippen molar-refractivity contribution in [2.75, 3.05) is 0 Å². The first-order valence-corrected chi connectivity index (χ1v) is 3.94. The van der Waals surface area contributed by atoms with Gasteiger partial charge < -0.3 is 5.11 Å². The molecular formula is C8H5ClN2O2. The summed E-state index contributed by atoms with van der Waals surface area (Å²) in [5, 5.41) is 8.83. The smallest absolute Gasteiger partial charge is 0.357 e. The third-order valence-electron chi connectivity index (χ3n) is 1.67. The SMILES string of the molecule is O=C(O)c1nc2ccccn2c1Cl. The highest BCUT2D eigenvalue weighted by molar-refractivity contribution is 6.32. The minimum absolute atomic E-state index is 0.118. The van der Waals surface area contributed by atoms with E-state index in [1.807, 2.05) is 0 Å². The molecule has 13 heavy (non-hydrogen) atoms. The Morgan fingerprint density at radius 3 is 2.92 bits per heavy atom. The zero-order valence-electron chi connectivity index (χ0n) is 6.44. The molecule has 0 aliphatic rings. The van der Waals surface area contributed by atoms with Crippen molar-refractivity contribution in [3.8, 4) is 0 Å². The molecule has 5 heteroatoms. The standard InChI is InChI=1S/C8H5ClN2O2/c9-7-6(8(12)13)10-5-3-1-2-4-11(5)7/h1-4H,(H,12,13). The average molecular weight is 197 g/mol. The van der Waals surface area contributed by atoms with E-state index >= 15 is 0 Å². The van der Waals surface area contributed by atoms with Gasteiger partial charge in [-0.1, -0.05) is 17.7 Å². The number of carbonyl (C=O) groups is 1. The number of fused-ring (bicyclic) bond motifs is 1. The molecule has 66 valence electrons. The molecule has 0 saturated heterocycles. The Labute approximate surface area is 78.4 Å². The molecule has 0 spiro atoms. The summed E-state index contributed by atoms with van der Waals surface area (Å²) in [6.07, 6.45) is 1.66. The molecule has 0 radical (unpaired) electrons. The van der Waals surface area contributed by atoms with Gasteiger partial charge in [0, 0.05) is 6.20 Å². The van der Waals surface area contributed by atoms with E-state index in [2.05, 4.69) is 4.98 Å². The Bertz CT molecular complexity index is 478. The molecule has 2 heterocycles. The molecule has 2 aromatic heterocycles. The lowest BCUT2D eigenvalue weighted by atomic mass is 10.5. The molecule has 2 aromatic rings. The molecule has 0 unspecified atom stereocenters. The second-order valence-electron chi connectivity index (χ2n) is 2.49. The van der Waals surface area contributed by atoms with Crippen LogP contribution in [0.4, 0.5) is 0 Å². The second kappa shape index (κ2) is 2.74. The number of imidazole rings is 1. The van der Waals surface area contributed by atoms with Crippen molar-refractivity contribution in [3.05, 3.63) is 35.2 Å². The van der Waals surface area contributed by atoms with E-state index in [1.54, 1.807) is 24.4 Å². The normalized spacial score (nSPS) is 10.5. The lowest BCUT2D eigenvalue weighted by Gasteiger charge is -1.91. The number of halogens is 1. The highest BCUT2D eigenvalue weighted by Gasteiger charge is 2.15. The maximum absolute atomic E-state index is 10.6. The van der Waals surface area contributed by atoms with Crippen molar-refractivity contribution in [1.29, 1.82) is 0 Å². The first-order valence-electron chi connectivity index (χ1n) is 3.56. The Morgan fingerprint density at radius 2 is 2.31 bits per heavy atom. The maximum atomic E-state index is 10.6. The minimum atomic E-state index is -1.12. The van der Waals surface area contributed by atoms with Gasteiger partial charge >= 0.3 is 5.97 Å². The topological polar surface area (TPSA) is 54.6 Å². The molecule has 1 N–H and O–H groups in total. The fraction of sp³-hybridized carbons (Fsp3) is 0. The minimum Gasteiger partial charge on any atom is -0.476 e. The van der Waals surface area contributed by atoms with Crippen LogP contribution in [-0.2, 0) is 0 Å². The fourth-order valence-electron chi connectivity index (χ4n) is 1.10. The van der Waals surface area contributed by atoms with Gasteiger partial charge in [-0.25, -0.2) is 9.78 Å². The highest BCUT2D eigenvalue weighted by atomic mass is 35.5. The van der Waals surface area contributed by atoms with Crippen molar-refractivity contribution >= 4 is 23.2 Å². The largest absolute Gasteiger partial charge is 0.476 e. The van der Waals surface area contributed by atoms with Crippen LogP contribution in [0.3, 0.4) is 0 Å². The van der Waals surface area contributed by atoms with Gasteiger partial charge in [0.1, 0.15) is 10.8 Å². The number of aromatic nitrogens is 2. The van der Waals surface area contributed by atoms with Crippen molar-refractivity contribution in [2.24, 2.45) is 0 Å². The summed E-state index contributed by atoms with van der Waals surface area (Å²) in [6.45, 7) is 0. The van der Waals surface area contributed by atoms with E-state index in [9.17, 15) is 4.79 Å². The van der Waals surface area contributed by atoms with Crippen LogP contribution in [0.25, 0.3) is 5.65 Å². The summed E-state index contributed by atoms with van der Waals surface area (Å²) in [5.74, 6) is -1.12. The maximum Gasteiger partial charge on any atom is 0.357 e. The Balaban J connectivity index is 2.81. The molecule has 0 fully saturated rings. The van der Waals surface area contributed by atoms with Gasteiger partial charge in [-0.05, 0) is 12.1 Å². The molecule has 0 saturated carbocycles. The molecule has 0 bridgehead atoms. The number of hydrogen-bond donors (Lipinski definition) is 1. The van der Waals surface area contributed by atoms with E-state index < -0.39 is 5.97 Å². The zero-order valence-corrected chi connectivity index (χ0v) is 7.19. The van der Waals surface area contributed by atoms with Crippen LogP contribution in [0.1, 0.15) is 10.5 Å². The number of hydrogen-bond acceptors (Lipinski definition) is 2. The third kappa shape index (κ3) is 1.15. The molecule has 0 amide bonds. The monoisotopic (exact) mass is 196 g/mol. The first kappa shape index (κ1) is 8.07. The Kier molecular flexibility index (Phi) is 1.70. The number of nitrogens with zero attached hydrogens (tertiary/aromatic N) is 2. The summed E-state index contributed by atoms with van der Waals surface area (Å²) >= 11 is 5.77. The number of pyridine rings is 1. The summed E-state index contributed by atoms with van der Waals surface area (Å²) < 4.78 is 1.52. The Hall–Kier alpha value is -1.55. The zero-order chi connectivity index (χ0) is 9.42. The molecule has 0 aliphatic carbocycles. The predicted molar refractivity (Wildman–Crippen MR) is 47.2 cm³/mol. The molecule has 0 aliphatic heterocycles.